The Morgan fingerprint density at radius 2 is 1.52 bits per heavy atom. The second kappa shape index (κ2) is 24.2. The lowest BCUT2D eigenvalue weighted by molar-refractivity contribution is -0.137. The maximum atomic E-state index is 15.1. The van der Waals surface area contributed by atoms with Gasteiger partial charge in [0.25, 0.3) is 5.91 Å². The molecule has 2 aromatic heterocycles. The van der Waals surface area contributed by atoms with Crippen LogP contribution >= 0.6 is 0 Å². The lowest BCUT2D eigenvalue weighted by atomic mass is 9.89. The van der Waals surface area contributed by atoms with Crippen molar-refractivity contribution in [2.45, 2.75) is 51.9 Å². The molecule has 6 heterocycles. The van der Waals surface area contributed by atoms with Crippen molar-refractivity contribution in [3.63, 3.8) is 0 Å². The molecule has 4 aliphatic heterocycles. The zero-order valence-electron chi connectivity index (χ0n) is 48.5. The number of ether oxygens (including phenoxy) is 3. The summed E-state index contributed by atoms with van der Waals surface area (Å²) in [7, 11) is 4.62. The normalized spacial score (nSPS) is 17.7. The van der Waals surface area contributed by atoms with E-state index in [9.17, 15) is 24.3 Å². The molecule has 4 aromatic carbocycles. The van der Waals surface area contributed by atoms with E-state index in [0.717, 1.165) is 28.3 Å². The molecule has 2 N–H and O–H groups in total. The zero-order chi connectivity index (χ0) is 60.6. The fourth-order valence-corrected chi connectivity index (χ4v) is 11.4. The van der Waals surface area contributed by atoms with Crippen LogP contribution in [-0.2, 0) is 35.7 Å². The van der Waals surface area contributed by atoms with Gasteiger partial charge in [-0.2, -0.15) is 13.2 Å². The average molecular weight is 1180 g/mol. The maximum Gasteiger partial charge on any atom is 0.418 e. The fourth-order valence-electron chi connectivity index (χ4n) is 11.4. The van der Waals surface area contributed by atoms with Crippen LogP contribution in [0.1, 0.15) is 70.9 Å². The number of halogens is 3. The van der Waals surface area contributed by atoms with Crippen molar-refractivity contribution in [3.8, 4) is 40.0 Å². The molecule has 2 fully saturated rings. The molecule has 1 aliphatic carbocycles. The predicted octanol–water partition coefficient (Wildman–Crippen LogP) is 7.90. The average Bonchev–Trinajstić information content (AvgIpc) is 1.77. The number of nitrogens with one attached hydrogen (secondary N) is 1. The van der Waals surface area contributed by atoms with Crippen molar-refractivity contribution in [2.75, 3.05) is 84.6 Å². The Morgan fingerprint density at radius 1 is 0.814 bits per heavy atom. The summed E-state index contributed by atoms with van der Waals surface area (Å²) in [5, 5.41) is 22.3. The number of phenols is 1. The Bertz CT molecular complexity index is 3870. The summed E-state index contributed by atoms with van der Waals surface area (Å²) in [6, 6.07) is 21.3. The number of alkyl halides is 3. The Hall–Kier alpha value is -9.51. The molecular weight excluding hydrogens is 1110 g/mol. The number of carbonyl (C=O) groups is 3. The molecule has 1 atom stereocenters. The molecule has 23 heteroatoms. The number of aromatic nitrogens is 5. The van der Waals surface area contributed by atoms with Gasteiger partial charge in [0.15, 0.2) is 5.82 Å². The van der Waals surface area contributed by atoms with Gasteiger partial charge in [-0.3, -0.25) is 33.2 Å². The van der Waals surface area contributed by atoms with Gasteiger partial charge in [-0.05, 0) is 95.3 Å². The number of hydrogen-bond donors (Lipinski definition) is 2. The Kier molecular flexibility index (Phi) is 16.4. The molecule has 0 bridgehead atoms. The summed E-state index contributed by atoms with van der Waals surface area (Å²) in [6.45, 7) is 9.90. The topological polar surface area (TPSA) is 206 Å². The summed E-state index contributed by atoms with van der Waals surface area (Å²) >= 11 is 0. The number of dihydropyridines is 1. The van der Waals surface area contributed by atoms with E-state index in [0.29, 0.717) is 97.1 Å². The highest BCUT2D eigenvalue weighted by molar-refractivity contribution is 5.95. The van der Waals surface area contributed by atoms with Crippen molar-refractivity contribution in [2.24, 2.45) is 17.0 Å². The van der Waals surface area contributed by atoms with Crippen molar-refractivity contribution >= 4 is 41.3 Å². The van der Waals surface area contributed by atoms with Crippen LogP contribution in [0.3, 0.4) is 0 Å². The van der Waals surface area contributed by atoms with E-state index in [2.05, 4.69) is 30.4 Å². The minimum absolute atomic E-state index is 0.000252. The summed E-state index contributed by atoms with van der Waals surface area (Å²) in [6.07, 6.45) is 5.69. The monoisotopic (exact) mass is 1170 g/mol. The number of carbonyl (C=O) groups excluding carboxylic acids is 3. The standard InChI is InChI=1S/C63H65F3N12O8/c1-7-67-60(81)59-71-70-58(48-33-46(38(2)3)53(79)34-54(48)84-5)78(59)43-14-8-40(9-15-43)37-73-22-24-75(25-23-73)56(80)30-39-10-17-45(18-11-39)86-62(83)76-28-26-74(27-29-76)51-20-16-44(32-49(51)63(64,65)66)77-57-47-31-41(42-13-21-55(85-6)69-35-42)12-19-50(47)68-36-52(57)72(4)61(77)82/h8-21,31-34,36,38,50,79H,7,22-30,35,37H2,1-6H3,(H,67,81). The fraction of sp³-hybridized carbons (Fsp3) is 0.333. The molecule has 86 heavy (non-hydrogen) atoms. The lowest BCUT2D eigenvalue weighted by Crippen LogP contribution is -2.50. The van der Waals surface area contributed by atoms with Crippen LogP contribution in [0.15, 0.2) is 135 Å². The Balaban J connectivity index is 0.681. The van der Waals surface area contributed by atoms with Crippen LogP contribution in [0.4, 0.5) is 23.7 Å². The summed E-state index contributed by atoms with van der Waals surface area (Å²) in [5.41, 5.74) is 5.57. The highest BCUT2D eigenvalue weighted by Gasteiger charge is 2.38. The molecule has 5 aliphatic rings. The SMILES string of the molecule is CCNC(=O)c1nnc(-c2cc(C(C)C)c(O)cc2OC)n1-c1ccc(CN2CCN(C(=O)Cc3ccc(OC(=O)N4CCN(c5ccc(-n6c7c(n(C)c6=O)C=NC6C=CC(=C8C=CC(OC)=NC8)C=C76)cc5C(F)(F)F)CC4)cc3)CC2)cc1. The van der Waals surface area contributed by atoms with E-state index in [1.165, 1.54) is 33.3 Å². The van der Waals surface area contributed by atoms with Crippen molar-refractivity contribution in [1.82, 2.24) is 43.9 Å². The van der Waals surface area contributed by atoms with Crippen LogP contribution in [0.5, 0.6) is 17.2 Å². The number of benzene rings is 4. The molecular formula is C63H65F3N12O8. The number of phenolic OH excluding ortho intramolecular Hbond substituents is 1. The molecule has 0 radical (unpaired) electrons. The summed E-state index contributed by atoms with van der Waals surface area (Å²) < 4.78 is 66.2. The van der Waals surface area contributed by atoms with Crippen molar-refractivity contribution in [1.29, 1.82) is 0 Å². The quantitative estimate of drug-likeness (QED) is 0.113. The highest BCUT2D eigenvalue weighted by atomic mass is 19.4. The van der Waals surface area contributed by atoms with Gasteiger partial charge in [-0.1, -0.05) is 56.3 Å². The lowest BCUT2D eigenvalue weighted by Gasteiger charge is -2.36. The maximum absolute atomic E-state index is 15.1. The third-order valence-corrected chi connectivity index (χ3v) is 16.1. The van der Waals surface area contributed by atoms with Crippen LogP contribution in [0.2, 0.25) is 0 Å². The third-order valence-electron chi connectivity index (χ3n) is 16.1. The number of hydrogen-bond acceptors (Lipinski definition) is 14. The van der Waals surface area contributed by atoms with Gasteiger partial charge in [0.1, 0.15) is 17.2 Å². The molecule has 6 aromatic rings. The minimum atomic E-state index is -4.78. The predicted molar refractivity (Wildman–Crippen MR) is 319 cm³/mol. The van der Waals surface area contributed by atoms with Crippen LogP contribution < -0.4 is 25.4 Å². The first-order valence-electron chi connectivity index (χ1n) is 28.4. The number of allylic oxidation sites excluding steroid dienone is 3. The number of piperazine rings is 2. The largest absolute Gasteiger partial charge is 0.508 e. The first-order chi connectivity index (χ1) is 41.4. The summed E-state index contributed by atoms with van der Waals surface area (Å²) in [5.74, 6) is 1.30. The van der Waals surface area contributed by atoms with Gasteiger partial charge < -0.3 is 39.3 Å². The molecule has 0 spiro atoms. The molecule has 0 saturated carbocycles. The third kappa shape index (κ3) is 11.7. The van der Waals surface area contributed by atoms with Gasteiger partial charge in [-0.25, -0.2) is 14.6 Å². The van der Waals surface area contributed by atoms with Gasteiger partial charge in [0.2, 0.25) is 17.6 Å². The second-order valence-electron chi connectivity index (χ2n) is 21.8. The van der Waals surface area contributed by atoms with Gasteiger partial charge in [0, 0.05) is 108 Å². The number of methoxy groups -OCH3 is 2. The number of imidazole rings is 1. The molecule has 446 valence electrons. The number of aromatic hydroxyl groups is 1. The van der Waals surface area contributed by atoms with E-state index in [-0.39, 0.29) is 79.0 Å². The first kappa shape index (κ1) is 58.3. The Labute approximate surface area is 494 Å². The van der Waals surface area contributed by atoms with Crippen LogP contribution in [0.25, 0.3) is 28.3 Å². The summed E-state index contributed by atoms with van der Waals surface area (Å²) in [4.78, 5) is 70.4. The molecule has 1 unspecified atom stereocenters. The smallest absolute Gasteiger partial charge is 0.418 e. The van der Waals surface area contributed by atoms with Gasteiger partial charge in [0.05, 0.1) is 61.4 Å². The highest BCUT2D eigenvalue weighted by Crippen LogP contribution is 2.42. The van der Waals surface area contributed by atoms with Crippen molar-refractivity contribution in [3.05, 3.63) is 170 Å². The number of aliphatic imine (C=N–C) groups is 2. The molecule has 2 saturated heterocycles. The van der Waals surface area contributed by atoms with Gasteiger partial charge >= 0.3 is 18.0 Å². The second-order valence-corrected chi connectivity index (χ2v) is 21.8. The minimum Gasteiger partial charge on any atom is -0.508 e. The van der Waals surface area contributed by atoms with E-state index in [4.69, 9.17) is 14.2 Å². The van der Waals surface area contributed by atoms with Crippen LogP contribution in [-0.4, -0.2) is 159 Å². The number of amides is 3. The molecule has 20 nitrogen and oxygen atoms in total. The first-order valence-corrected chi connectivity index (χ1v) is 28.4. The Morgan fingerprint density at radius 3 is 2.19 bits per heavy atom. The number of rotatable bonds is 13. The van der Waals surface area contributed by atoms with E-state index < -0.39 is 29.6 Å². The number of nitrogens with zero attached hydrogens (tertiary/aromatic N) is 11. The van der Waals surface area contributed by atoms with Gasteiger partial charge in [-0.15, -0.1) is 10.2 Å². The molecule has 3 amide bonds. The zero-order valence-corrected chi connectivity index (χ0v) is 48.5. The molecule has 11 rings (SSSR count). The van der Waals surface area contributed by atoms with Crippen LogP contribution in [0, 0.1) is 0 Å². The van der Waals surface area contributed by atoms with Crippen molar-refractivity contribution < 1.29 is 46.9 Å². The van der Waals surface area contributed by atoms with E-state index in [1.54, 1.807) is 66.2 Å². The number of fused-ring (bicyclic) bond motifs is 3. The van der Waals surface area contributed by atoms with E-state index in [1.807, 2.05) is 80.3 Å². The van der Waals surface area contributed by atoms with E-state index >= 15 is 13.2 Å². The number of anilines is 1.